The van der Waals surface area contributed by atoms with Gasteiger partial charge < -0.3 is 15.2 Å². The lowest BCUT2D eigenvalue weighted by Gasteiger charge is -2.12. The number of aryl methyl sites for hydroxylation is 1. The Balaban J connectivity index is 1.65. The van der Waals surface area contributed by atoms with Crippen molar-refractivity contribution in [2.24, 2.45) is 0 Å². The third-order valence-electron chi connectivity index (χ3n) is 4.79. The summed E-state index contributed by atoms with van der Waals surface area (Å²) >= 11 is 0. The first-order chi connectivity index (χ1) is 15.0. The maximum atomic E-state index is 13.5. The van der Waals surface area contributed by atoms with E-state index in [-0.39, 0.29) is 17.3 Å². The molecule has 0 atom stereocenters. The van der Waals surface area contributed by atoms with Crippen molar-refractivity contribution in [2.45, 2.75) is 6.92 Å². The van der Waals surface area contributed by atoms with Crippen LogP contribution in [0.1, 0.15) is 5.56 Å². The molecule has 0 radical (unpaired) electrons. The number of rotatable bonds is 5. The van der Waals surface area contributed by atoms with Gasteiger partial charge >= 0.3 is 5.56 Å². The molecular weight excluding hydrogens is 397 g/mol. The predicted octanol–water partition coefficient (Wildman–Crippen LogP) is 4.73. The summed E-state index contributed by atoms with van der Waals surface area (Å²) in [6.45, 7) is 1.96. The van der Waals surface area contributed by atoms with Crippen LogP contribution in [0, 0.1) is 12.7 Å². The minimum Gasteiger partial charge on any atom is -0.496 e. The summed E-state index contributed by atoms with van der Waals surface area (Å²) < 4.78 is 25.8. The van der Waals surface area contributed by atoms with Crippen LogP contribution in [0.25, 0.3) is 16.8 Å². The molecule has 0 saturated heterocycles. The molecule has 1 aromatic heterocycles. The Morgan fingerprint density at radius 3 is 2.39 bits per heavy atom. The van der Waals surface area contributed by atoms with Crippen LogP contribution >= 0.6 is 0 Å². The van der Waals surface area contributed by atoms with E-state index in [1.807, 2.05) is 19.1 Å². The molecule has 4 aromatic rings. The highest BCUT2D eigenvalue weighted by Crippen LogP contribution is 2.32. The molecule has 3 aromatic carbocycles. The summed E-state index contributed by atoms with van der Waals surface area (Å²) in [4.78, 5) is 12.9. The molecule has 0 aliphatic carbocycles. The smallest absolute Gasteiger partial charge is 0.316 e. The maximum Gasteiger partial charge on any atom is 0.316 e. The third kappa shape index (κ3) is 4.11. The maximum absolute atomic E-state index is 13.5. The summed E-state index contributed by atoms with van der Waals surface area (Å²) in [6, 6.07) is 18.7. The number of hydrogen-bond donors (Lipinski definition) is 1. The number of halogens is 1. The third-order valence-corrected chi connectivity index (χ3v) is 4.79. The van der Waals surface area contributed by atoms with Gasteiger partial charge in [0.2, 0.25) is 5.75 Å². The van der Waals surface area contributed by atoms with Gasteiger partial charge in [0.25, 0.3) is 0 Å². The second-order valence-corrected chi connectivity index (χ2v) is 6.95. The lowest BCUT2D eigenvalue weighted by molar-refractivity contribution is 0.413. The fourth-order valence-corrected chi connectivity index (χ4v) is 3.15. The van der Waals surface area contributed by atoms with Gasteiger partial charge in [0.05, 0.1) is 19.0 Å². The van der Waals surface area contributed by atoms with Gasteiger partial charge in [0.1, 0.15) is 23.0 Å². The van der Waals surface area contributed by atoms with E-state index in [9.17, 15) is 9.18 Å². The molecule has 4 rings (SSSR count). The fourth-order valence-electron chi connectivity index (χ4n) is 3.15. The Bertz CT molecular complexity index is 1280. The second-order valence-electron chi connectivity index (χ2n) is 6.95. The highest BCUT2D eigenvalue weighted by molar-refractivity contribution is 5.71. The van der Waals surface area contributed by atoms with E-state index in [1.165, 1.54) is 30.1 Å². The van der Waals surface area contributed by atoms with E-state index in [0.29, 0.717) is 17.2 Å². The Morgan fingerprint density at radius 2 is 1.71 bits per heavy atom. The first-order valence-electron chi connectivity index (χ1n) is 9.53. The summed E-state index contributed by atoms with van der Waals surface area (Å²) in [5.41, 5.74) is 8.86. The molecule has 7 heteroatoms. The average Bonchev–Trinajstić information content (AvgIpc) is 2.78. The van der Waals surface area contributed by atoms with E-state index < -0.39 is 5.56 Å². The monoisotopic (exact) mass is 417 g/mol. The standard InChI is InChI=1S/C24H20FN3O3/c1-15-3-8-18(9-4-15)28-24(29)23(21(26)14-27-28)31-19-10-5-16(6-11-19)20-12-7-17(25)13-22(20)30-2/h3-14H,26H2,1-2H3. The molecule has 1 heterocycles. The number of methoxy groups -OCH3 is 1. The van der Waals surface area contributed by atoms with Crippen LogP contribution in [-0.4, -0.2) is 16.9 Å². The van der Waals surface area contributed by atoms with Crippen LogP contribution in [-0.2, 0) is 0 Å². The Labute approximate surface area is 178 Å². The van der Waals surface area contributed by atoms with Crippen LogP contribution in [0.3, 0.4) is 0 Å². The zero-order valence-electron chi connectivity index (χ0n) is 17.0. The first-order valence-corrected chi connectivity index (χ1v) is 9.53. The molecule has 0 saturated carbocycles. The normalized spacial score (nSPS) is 10.7. The average molecular weight is 417 g/mol. The van der Waals surface area contributed by atoms with Gasteiger partial charge in [0, 0.05) is 11.6 Å². The van der Waals surface area contributed by atoms with Crippen molar-refractivity contribution >= 4 is 5.69 Å². The predicted molar refractivity (Wildman–Crippen MR) is 117 cm³/mol. The van der Waals surface area contributed by atoms with Crippen LogP contribution in [0.2, 0.25) is 0 Å². The van der Waals surface area contributed by atoms with Gasteiger partial charge in [-0.05, 0) is 48.9 Å². The highest BCUT2D eigenvalue weighted by Gasteiger charge is 2.14. The van der Waals surface area contributed by atoms with Crippen molar-refractivity contribution in [3.05, 3.63) is 94.7 Å². The molecule has 0 fully saturated rings. The molecule has 0 aliphatic heterocycles. The first kappa shape index (κ1) is 20.2. The molecule has 0 spiro atoms. The van der Waals surface area contributed by atoms with Crippen molar-refractivity contribution in [3.8, 4) is 34.1 Å². The van der Waals surface area contributed by atoms with Crippen molar-refractivity contribution in [1.29, 1.82) is 0 Å². The minimum absolute atomic E-state index is 0.0114. The zero-order chi connectivity index (χ0) is 22.0. The van der Waals surface area contributed by atoms with Crippen molar-refractivity contribution in [1.82, 2.24) is 9.78 Å². The van der Waals surface area contributed by atoms with E-state index in [4.69, 9.17) is 15.2 Å². The molecule has 0 amide bonds. The van der Waals surface area contributed by atoms with Gasteiger partial charge in [0.15, 0.2) is 0 Å². The van der Waals surface area contributed by atoms with Gasteiger partial charge in [-0.15, -0.1) is 0 Å². The molecule has 156 valence electrons. The number of nitrogens with two attached hydrogens (primary N) is 1. The lowest BCUT2D eigenvalue weighted by atomic mass is 10.0. The van der Waals surface area contributed by atoms with Crippen LogP contribution in [0.15, 0.2) is 77.7 Å². The van der Waals surface area contributed by atoms with Crippen molar-refractivity contribution < 1.29 is 13.9 Å². The summed E-state index contributed by atoms with van der Waals surface area (Å²) in [5, 5.41) is 4.11. The van der Waals surface area contributed by atoms with E-state index in [1.54, 1.807) is 42.5 Å². The summed E-state index contributed by atoms with van der Waals surface area (Å²) in [6.07, 6.45) is 1.38. The number of hydrogen-bond acceptors (Lipinski definition) is 5. The Morgan fingerprint density at radius 1 is 1.00 bits per heavy atom. The van der Waals surface area contributed by atoms with Gasteiger partial charge in [-0.2, -0.15) is 9.78 Å². The van der Waals surface area contributed by atoms with E-state index in [2.05, 4.69) is 5.10 Å². The SMILES string of the molecule is COc1cc(F)ccc1-c1ccc(Oc2c(N)cnn(-c3ccc(C)cc3)c2=O)cc1. The van der Waals surface area contributed by atoms with E-state index in [0.717, 1.165) is 16.7 Å². The van der Waals surface area contributed by atoms with Crippen LogP contribution in [0.4, 0.5) is 10.1 Å². The summed E-state index contributed by atoms with van der Waals surface area (Å²) in [5.74, 6) is 0.463. The second kappa shape index (κ2) is 8.31. The van der Waals surface area contributed by atoms with Crippen molar-refractivity contribution in [2.75, 3.05) is 12.8 Å². The molecular formula is C24H20FN3O3. The highest BCUT2D eigenvalue weighted by atomic mass is 19.1. The summed E-state index contributed by atoms with van der Waals surface area (Å²) in [7, 11) is 1.49. The molecule has 6 nitrogen and oxygen atoms in total. The molecule has 2 N–H and O–H groups in total. The molecule has 0 unspecified atom stereocenters. The van der Waals surface area contributed by atoms with Gasteiger partial charge in [-0.1, -0.05) is 29.8 Å². The van der Waals surface area contributed by atoms with Gasteiger partial charge in [-0.25, -0.2) is 4.39 Å². The number of nitrogens with zero attached hydrogens (tertiary/aromatic N) is 2. The topological polar surface area (TPSA) is 79.4 Å². The zero-order valence-corrected chi connectivity index (χ0v) is 17.0. The molecule has 0 bridgehead atoms. The number of anilines is 1. The van der Waals surface area contributed by atoms with Gasteiger partial charge in [-0.3, -0.25) is 4.79 Å². The number of nitrogen functional groups attached to an aromatic ring is 1. The Hall–Kier alpha value is -4.13. The van der Waals surface area contributed by atoms with Crippen LogP contribution in [0.5, 0.6) is 17.2 Å². The van der Waals surface area contributed by atoms with Crippen molar-refractivity contribution in [3.63, 3.8) is 0 Å². The number of ether oxygens (including phenoxy) is 2. The Kier molecular flexibility index (Phi) is 5.41. The number of aromatic nitrogens is 2. The molecule has 0 aliphatic rings. The lowest BCUT2D eigenvalue weighted by Crippen LogP contribution is -2.23. The minimum atomic E-state index is -0.465. The van der Waals surface area contributed by atoms with Crippen LogP contribution < -0.4 is 20.8 Å². The number of benzene rings is 3. The van der Waals surface area contributed by atoms with E-state index >= 15 is 0 Å². The largest absolute Gasteiger partial charge is 0.496 e. The quantitative estimate of drug-likeness (QED) is 0.508. The molecule has 31 heavy (non-hydrogen) atoms. The fraction of sp³-hybridized carbons (Fsp3) is 0.0833.